The smallest absolute Gasteiger partial charge is 0.255 e. The summed E-state index contributed by atoms with van der Waals surface area (Å²) < 4.78 is 25.1. The number of hydrogen-bond donors (Lipinski definition) is 0. The Kier molecular flexibility index (Phi) is 8.96. The lowest BCUT2D eigenvalue weighted by atomic mass is 10.0. The van der Waals surface area contributed by atoms with E-state index in [9.17, 15) is 14.0 Å². The average Bonchev–Trinajstić information content (AvgIpc) is 3.37. The molecule has 190 valence electrons. The molecule has 1 aliphatic rings. The normalized spacial score (nSPS) is 14.9. The molecule has 2 aromatic carbocycles. The van der Waals surface area contributed by atoms with Crippen LogP contribution >= 0.6 is 22.9 Å². The highest BCUT2D eigenvalue weighted by molar-refractivity contribution is 7.10. The zero-order valence-corrected chi connectivity index (χ0v) is 21.6. The van der Waals surface area contributed by atoms with Gasteiger partial charge in [0.2, 0.25) is 5.91 Å². The molecule has 0 bridgehead atoms. The van der Waals surface area contributed by atoms with E-state index in [4.69, 9.17) is 21.1 Å². The van der Waals surface area contributed by atoms with E-state index in [1.807, 2.05) is 11.4 Å². The summed E-state index contributed by atoms with van der Waals surface area (Å²) in [5.74, 6) is -0.821. The van der Waals surface area contributed by atoms with Gasteiger partial charge in [0, 0.05) is 31.7 Å². The maximum absolute atomic E-state index is 14.2. The van der Waals surface area contributed by atoms with Crippen LogP contribution in [0.3, 0.4) is 0 Å². The first kappa shape index (κ1) is 26.1. The van der Waals surface area contributed by atoms with E-state index in [2.05, 4.69) is 0 Å². The second-order valence-electron chi connectivity index (χ2n) is 8.45. The predicted molar refractivity (Wildman–Crippen MR) is 138 cm³/mol. The fraction of sp³-hybridized carbons (Fsp3) is 0.333. The largest absolute Gasteiger partial charge is 0.488 e. The Morgan fingerprint density at radius 1 is 1.17 bits per heavy atom. The number of methoxy groups -OCH3 is 1. The second kappa shape index (κ2) is 12.3. The van der Waals surface area contributed by atoms with Crippen LogP contribution in [0.4, 0.5) is 4.39 Å². The molecule has 36 heavy (non-hydrogen) atoms. The van der Waals surface area contributed by atoms with Crippen LogP contribution in [0.2, 0.25) is 5.02 Å². The van der Waals surface area contributed by atoms with Gasteiger partial charge in [0.05, 0.1) is 16.6 Å². The topological polar surface area (TPSA) is 59.1 Å². The summed E-state index contributed by atoms with van der Waals surface area (Å²) in [6.07, 6.45) is 1.30. The number of thiophene rings is 1. The van der Waals surface area contributed by atoms with Gasteiger partial charge in [-0.2, -0.15) is 0 Å². The molecule has 1 aromatic heterocycles. The molecule has 1 atom stereocenters. The van der Waals surface area contributed by atoms with Gasteiger partial charge in [0.1, 0.15) is 13.2 Å². The molecule has 2 amide bonds. The zero-order chi connectivity index (χ0) is 25.5. The number of amides is 2. The van der Waals surface area contributed by atoms with Gasteiger partial charge in [-0.15, -0.1) is 11.3 Å². The number of benzene rings is 2. The Hall–Kier alpha value is -2.94. The Morgan fingerprint density at radius 2 is 1.94 bits per heavy atom. The van der Waals surface area contributed by atoms with Gasteiger partial charge in [-0.1, -0.05) is 35.9 Å². The van der Waals surface area contributed by atoms with E-state index in [1.165, 1.54) is 15.8 Å². The summed E-state index contributed by atoms with van der Waals surface area (Å²) in [5.41, 5.74) is 1.35. The lowest BCUT2D eigenvalue weighted by Crippen LogP contribution is -2.48. The average molecular weight is 531 g/mol. The van der Waals surface area contributed by atoms with Crippen molar-refractivity contribution in [2.75, 3.05) is 40.0 Å². The van der Waals surface area contributed by atoms with Gasteiger partial charge >= 0.3 is 0 Å². The highest BCUT2D eigenvalue weighted by Crippen LogP contribution is 2.34. The summed E-state index contributed by atoms with van der Waals surface area (Å²) in [5, 5.41) is 2.33. The first-order chi connectivity index (χ1) is 17.5. The van der Waals surface area contributed by atoms with Crippen LogP contribution in [0.1, 0.15) is 33.3 Å². The Balaban J connectivity index is 1.54. The first-order valence-corrected chi connectivity index (χ1v) is 13.0. The van der Waals surface area contributed by atoms with E-state index < -0.39 is 5.82 Å². The molecule has 0 saturated carbocycles. The zero-order valence-electron chi connectivity index (χ0n) is 20.0. The van der Waals surface area contributed by atoms with Crippen molar-refractivity contribution in [3.63, 3.8) is 0 Å². The van der Waals surface area contributed by atoms with Crippen molar-refractivity contribution < 1.29 is 23.5 Å². The van der Waals surface area contributed by atoms with E-state index in [0.717, 1.165) is 12.0 Å². The van der Waals surface area contributed by atoms with E-state index in [1.54, 1.807) is 65.8 Å². The molecule has 1 aliphatic heterocycles. The predicted octanol–water partition coefficient (Wildman–Crippen LogP) is 5.22. The minimum atomic E-state index is -0.452. The van der Waals surface area contributed by atoms with Crippen LogP contribution in [-0.4, -0.2) is 61.6 Å². The van der Waals surface area contributed by atoms with Gasteiger partial charge in [0.15, 0.2) is 11.6 Å². The number of hydrogen-bond acceptors (Lipinski definition) is 5. The molecule has 0 fully saturated rings. The molecule has 0 unspecified atom stereocenters. The molecule has 3 aromatic rings. The fourth-order valence-electron chi connectivity index (χ4n) is 4.32. The van der Waals surface area contributed by atoms with Gasteiger partial charge in [0.25, 0.3) is 5.91 Å². The van der Waals surface area contributed by atoms with Gasteiger partial charge in [-0.25, -0.2) is 4.39 Å². The molecular weight excluding hydrogens is 503 g/mol. The molecule has 0 saturated heterocycles. The van der Waals surface area contributed by atoms with Crippen molar-refractivity contribution in [3.05, 3.63) is 86.8 Å². The van der Waals surface area contributed by atoms with E-state index >= 15 is 0 Å². The Morgan fingerprint density at radius 3 is 2.72 bits per heavy atom. The van der Waals surface area contributed by atoms with Crippen molar-refractivity contribution in [1.82, 2.24) is 9.80 Å². The van der Waals surface area contributed by atoms with Crippen LogP contribution < -0.4 is 4.74 Å². The van der Waals surface area contributed by atoms with Crippen molar-refractivity contribution in [1.29, 1.82) is 0 Å². The van der Waals surface area contributed by atoms with Crippen LogP contribution in [0.25, 0.3) is 0 Å². The summed E-state index contributed by atoms with van der Waals surface area (Å²) >= 11 is 7.91. The highest BCUT2D eigenvalue weighted by atomic mass is 35.5. The van der Waals surface area contributed by atoms with Crippen LogP contribution in [0, 0.1) is 5.82 Å². The minimum absolute atomic E-state index is 0.108. The van der Waals surface area contributed by atoms with Crippen LogP contribution in [0.15, 0.2) is 60.0 Å². The van der Waals surface area contributed by atoms with Gasteiger partial charge in [-0.3, -0.25) is 9.59 Å². The number of ether oxygens (including phenoxy) is 2. The third-order valence-corrected chi connectivity index (χ3v) is 7.47. The number of nitrogens with zero attached hydrogens (tertiary/aromatic N) is 2. The standard InChI is InChI=1S/C27H28ClFN2O4S/c1-34-15-6-13-30(27(33)19-7-2-3-8-21(19)28)17-26(32)31-14-11-25-20(12-16-36-25)23(31)18-35-24-10-5-4-9-22(24)29/h2-5,7-10,12,16,23H,6,11,13-15,17-18H2,1H3/t23-/m1/s1. The molecule has 9 heteroatoms. The number of carbonyl (C=O) groups excluding carboxylic acids is 2. The number of halogens is 2. The SMILES string of the molecule is COCCCN(CC(=O)N1CCc2sccc2[C@H]1COc1ccccc1F)C(=O)c1ccccc1Cl. The van der Waals surface area contributed by atoms with Gasteiger partial charge < -0.3 is 19.3 Å². The summed E-state index contributed by atoms with van der Waals surface area (Å²) in [6, 6.07) is 14.6. The molecule has 6 nitrogen and oxygen atoms in total. The number of rotatable bonds is 10. The monoisotopic (exact) mass is 530 g/mol. The third-order valence-electron chi connectivity index (χ3n) is 6.14. The molecule has 4 rings (SSSR count). The van der Waals surface area contributed by atoms with Crippen LogP contribution in [-0.2, 0) is 16.0 Å². The Labute approximate surface area is 219 Å². The minimum Gasteiger partial charge on any atom is -0.488 e. The molecular formula is C27H28ClFN2O4S. The number of para-hydroxylation sites is 1. The summed E-state index contributed by atoms with van der Waals surface area (Å²) in [4.78, 5) is 31.4. The molecule has 2 heterocycles. The molecule has 0 N–H and O–H groups in total. The highest BCUT2D eigenvalue weighted by Gasteiger charge is 2.34. The first-order valence-electron chi connectivity index (χ1n) is 11.8. The molecule has 0 spiro atoms. The number of carbonyl (C=O) groups is 2. The third kappa shape index (κ3) is 6.06. The fourth-order valence-corrected chi connectivity index (χ4v) is 5.46. The number of fused-ring (bicyclic) bond motifs is 1. The molecule has 0 radical (unpaired) electrons. The van der Waals surface area contributed by atoms with Crippen molar-refractivity contribution in [2.45, 2.75) is 18.9 Å². The quantitative estimate of drug-likeness (QED) is 0.337. The molecule has 0 aliphatic carbocycles. The maximum atomic E-state index is 14.2. The van der Waals surface area contributed by atoms with E-state index in [0.29, 0.717) is 36.7 Å². The Bertz CT molecular complexity index is 1200. The van der Waals surface area contributed by atoms with Crippen LogP contribution in [0.5, 0.6) is 5.75 Å². The summed E-state index contributed by atoms with van der Waals surface area (Å²) in [6.45, 7) is 1.30. The second-order valence-corrected chi connectivity index (χ2v) is 9.85. The summed E-state index contributed by atoms with van der Waals surface area (Å²) in [7, 11) is 1.59. The maximum Gasteiger partial charge on any atom is 0.255 e. The van der Waals surface area contributed by atoms with Crippen molar-refractivity contribution in [2.24, 2.45) is 0 Å². The van der Waals surface area contributed by atoms with Crippen molar-refractivity contribution in [3.8, 4) is 5.75 Å². The van der Waals surface area contributed by atoms with E-state index in [-0.39, 0.29) is 36.8 Å². The lowest BCUT2D eigenvalue weighted by Gasteiger charge is -2.37. The lowest BCUT2D eigenvalue weighted by molar-refractivity contribution is -0.135. The van der Waals surface area contributed by atoms with Gasteiger partial charge in [-0.05, 0) is 54.1 Å². The van der Waals surface area contributed by atoms with Crippen molar-refractivity contribution >= 4 is 34.8 Å².